The van der Waals surface area contributed by atoms with Crippen LogP contribution in [0.4, 0.5) is 4.39 Å². The lowest BCUT2D eigenvalue weighted by molar-refractivity contribution is 0.480. The monoisotopic (exact) mass is 313 g/mol. The second-order valence-corrected chi connectivity index (χ2v) is 5.19. The average molecular weight is 314 g/mol. The van der Waals surface area contributed by atoms with Crippen molar-refractivity contribution >= 4 is 23.2 Å². The fourth-order valence-corrected chi connectivity index (χ4v) is 2.15. The molecular formula is C15H14Cl2FNO. The molecule has 1 atom stereocenters. The zero-order valence-electron chi connectivity index (χ0n) is 11.1. The van der Waals surface area contributed by atoms with Gasteiger partial charge < -0.3 is 10.1 Å². The van der Waals surface area contributed by atoms with Gasteiger partial charge in [-0.2, -0.15) is 0 Å². The van der Waals surface area contributed by atoms with Crippen LogP contribution in [0.3, 0.4) is 0 Å². The summed E-state index contributed by atoms with van der Waals surface area (Å²) in [5, 5.41) is 3.81. The SMILES string of the molecule is CNC(C)c1ccc(Oc2ccc(F)cc2Cl)c(Cl)c1. The van der Waals surface area contributed by atoms with Crippen molar-refractivity contribution < 1.29 is 9.13 Å². The minimum atomic E-state index is -0.411. The summed E-state index contributed by atoms with van der Waals surface area (Å²) >= 11 is 12.1. The molecule has 0 fully saturated rings. The van der Waals surface area contributed by atoms with E-state index in [1.807, 2.05) is 26.1 Å². The van der Waals surface area contributed by atoms with Gasteiger partial charge in [0.25, 0.3) is 0 Å². The van der Waals surface area contributed by atoms with Crippen LogP contribution in [0.1, 0.15) is 18.5 Å². The van der Waals surface area contributed by atoms with Crippen molar-refractivity contribution in [2.24, 2.45) is 0 Å². The molecule has 20 heavy (non-hydrogen) atoms. The molecule has 0 radical (unpaired) electrons. The topological polar surface area (TPSA) is 21.3 Å². The first-order valence-electron chi connectivity index (χ1n) is 6.11. The first kappa shape index (κ1) is 15.1. The van der Waals surface area contributed by atoms with Crippen LogP contribution in [0.15, 0.2) is 36.4 Å². The van der Waals surface area contributed by atoms with Crippen molar-refractivity contribution in [1.82, 2.24) is 5.32 Å². The predicted octanol–water partition coefficient (Wildman–Crippen LogP) is 5.21. The number of hydrogen-bond donors (Lipinski definition) is 1. The van der Waals surface area contributed by atoms with Crippen LogP contribution in [0.5, 0.6) is 11.5 Å². The van der Waals surface area contributed by atoms with Crippen molar-refractivity contribution in [3.63, 3.8) is 0 Å². The molecule has 2 aromatic carbocycles. The van der Waals surface area contributed by atoms with E-state index in [0.717, 1.165) is 5.56 Å². The summed E-state index contributed by atoms with van der Waals surface area (Å²) in [7, 11) is 1.88. The highest BCUT2D eigenvalue weighted by Crippen LogP contribution is 2.35. The Bertz CT molecular complexity index is 619. The molecule has 0 saturated carbocycles. The van der Waals surface area contributed by atoms with Gasteiger partial charge in [0.15, 0.2) is 0 Å². The summed E-state index contributed by atoms with van der Waals surface area (Å²) < 4.78 is 18.6. The quantitative estimate of drug-likeness (QED) is 0.837. The molecule has 0 aliphatic rings. The van der Waals surface area contributed by atoms with Crippen LogP contribution in [0.2, 0.25) is 10.0 Å². The van der Waals surface area contributed by atoms with Crippen LogP contribution in [-0.4, -0.2) is 7.05 Å². The number of nitrogens with one attached hydrogen (secondary N) is 1. The predicted molar refractivity (Wildman–Crippen MR) is 80.4 cm³/mol. The molecule has 1 unspecified atom stereocenters. The Morgan fingerprint density at radius 2 is 1.65 bits per heavy atom. The van der Waals surface area contributed by atoms with Crippen LogP contribution in [0.25, 0.3) is 0 Å². The van der Waals surface area contributed by atoms with E-state index in [2.05, 4.69) is 5.32 Å². The molecule has 2 aromatic rings. The summed E-state index contributed by atoms with van der Waals surface area (Å²) in [6.07, 6.45) is 0. The Labute approximate surface area is 127 Å². The lowest BCUT2D eigenvalue weighted by Crippen LogP contribution is -2.12. The molecule has 2 nitrogen and oxygen atoms in total. The summed E-state index contributed by atoms with van der Waals surface area (Å²) in [5.41, 5.74) is 1.05. The minimum absolute atomic E-state index is 0.191. The molecule has 1 N–H and O–H groups in total. The fraction of sp³-hybridized carbons (Fsp3) is 0.200. The van der Waals surface area contributed by atoms with E-state index >= 15 is 0 Å². The highest BCUT2D eigenvalue weighted by molar-refractivity contribution is 6.32. The van der Waals surface area contributed by atoms with Crippen LogP contribution >= 0.6 is 23.2 Å². The molecule has 5 heteroatoms. The van der Waals surface area contributed by atoms with Crippen molar-refractivity contribution in [3.8, 4) is 11.5 Å². The van der Waals surface area contributed by atoms with Gasteiger partial charge in [0.05, 0.1) is 10.0 Å². The standard InChI is InChI=1S/C15H14Cl2FNO/c1-9(19-2)10-3-5-14(12(16)7-10)20-15-6-4-11(18)8-13(15)17/h3-9,19H,1-2H3. The molecule has 0 aromatic heterocycles. The maximum atomic E-state index is 13.0. The van der Waals surface area contributed by atoms with Gasteiger partial charge in [0, 0.05) is 6.04 Å². The third-order valence-corrected chi connectivity index (χ3v) is 3.59. The van der Waals surface area contributed by atoms with E-state index in [9.17, 15) is 4.39 Å². The fourth-order valence-electron chi connectivity index (χ4n) is 1.71. The Kier molecular flexibility index (Phi) is 4.86. The van der Waals surface area contributed by atoms with E-state index in [1.54, 1.807) is 6.07 Å². The van der Waals surface area contributed by atoms with Crippen molar-refractivity contribution in [3.05, 3.63) is 57.8 Å². The van der Waals surface area contributed by atoms with Crippen molar-refractivity contribution in [1.29, 1.82) is 0 Å². The molecule has 0 bridgehead atoms. The molecule has 0 heterocycles. The molecule has 0 aliphatic heterocycles. The highest BCUT2D eigenvalue weighted by Gasteiger charge is 2.10. The van der Waals surface area contributed by atoms with Crippen molar-refractivity contribution in [2.45, 2.75) is 13.0 Å². The highest BCUT2D eigenvalue weighted by atomic mass is 35.5. The summed E-state index contributed by atoms with van der Waals surface area (Å²) in [5.74, 6) is 0.434. The van der Waals surface area contributed by atoms with Gasteiger partial charge in [-0.3, -0.25) is 0 Å². The maximum absolute atomic E-state index is 13.0. The van der Waals surface area contributed by atoms with Gasteiger partial charge in [-0.25, -0.2) is 4.39 Å². The summed E-state index contributed by atoms with van der Waals surface area (Å²) in [6, 6.07) is 9.66. The number of hydrogen-bond acceptors (Lipinski definition) is 2. The molecule has 0 amide bonds. The van der Waals surface area contributed by atoms with Crippen LogP contribution in [0, 0.1) is 5.82 Å². The average Bonchev–Trinajstić information content (AvgIpc) is 2.42. The largest absolute Gasteiger partial charge is 0.454 e. The van der Waals surface area contributed by atoms with Crippen LogP contribution < -0.4 is 10.1 Å². The van der Waals surface area contributed by atoms with E-state index in [-0.39, 0.29) is 11.1 Å². The van der Waals surface area contributed by atoms with Gasteiger partial charge in [-0.15, -0.1) is 0 Å². The van der Waals surface area contributed by atoms with E-state index in [0.29, 0.717) is 16.5 Å². The normalized spacial score (nSPS) is 12.2. The number of benzene rings is 2. The molecular weight excluding hydrogens is 300 g/mol. The summed E-state index contributed by atoms with van der Waals surface area (Å²) in [4.78, 5) is 0. The van der Waals surface area contributed by atoms with E-state index in [1.165, 1.54) is 18.2 Å². The van der Waals surface area contributed by atoms with Gasteiger partial charge in [-0.1, -0.05) is 29.3 Å². The Hall–Kier alpha value is -1.29. The van der Waals surface area contributed by atoms with Crippen LogP contribution in [-0.2, 0) is 0 Å². The van der Waals surface area contributed by atoms with Gasteiger partial charge in [-0.05, 0) is 49.9 Å². The number of rotatable bonds is 4. The zero-order valence-corrected chi connectivity index (χ0v) is 12.6. The Morgan fingerprint density at radius 1 is 1.05 bits per heavy atom. The molecule has 2 rings (SSSR count). The summed E-state index contributed by atoms with van der Waals surface area (Å²) in [6.45, 7) is 2.03. The number of halogens is 3. The first-order chi connectivity index (χ1) is 9.51. The Balaban J connectivity index is 2.25. The van der Waals surface area contributed by atoms with Gasteiger partial charge in [0.2, 0.25) is 0 Å². The third-order valence-electron chi connectivity index (χ3n) is 3.00. The second kappa shape index (κ2) is 6.44. The Morgan fingerprint density at radius 3 is 2.20 bits per heavy atom. The molecule has 0 spiro atoms. The minimum Gasteiger partial charge on any atom is -0.454 e. The van der Waals surface area contributed by atoms with Crippen molar-refractivity contribution in [2.75, 3.05) is 7.05 Å². The first-order valence-corrected chi connectivity index (χ1v) is 6.86. The van der Waals surface area contributed by atoms with Gasteiger partial charge >= 0.3 is 0 Å². The third kappa shape index (κ3) is 3.42. The maximum Gasteiger partial charge on any atom is 0.146 e. The van der Waals surface area contributed by atoms with E-state index in [4.69, 9.17) is 27.9 Å². The van der Waals surface area contributed by atoms with Gasteiger partial charge in [0.1, 0.15) is 17.3 Å². The second-order valence-electron chi connectivity index (χ2n) is 4.38. The number of ether oxygens (including phenoxy) is 1. The molecule has 0 aliphatic carbocycles. The molecule has 106 valence electrons. The zero-order chi connectivity index (χ0) is 14.7. The molecule has 0 saturated heterocycles. The lowest BCUT2D eigenvalue weighted by atomic mass is 10.1. The van der Waals surface area contributed by atoms with E-state index < -0.39 is 5.82 Å². The smallest absolute Gasteiger partial charge is 0.146 e. The lowest BCUT2D eigenvalue weighted by Gasteiger charge is -2.14.